The second kappa shape index (κ2) is 8.95. The number of esters is 2. The third-order valence-corrected chi connectivity index (χ3v) is 5.16. The van der Waals surface area contributed by atoms with Crippen molar-refractivity contribution in [3.8, 4) is 11.3 Å². The lowest BCUT2D eigenvalue weighted by Gasteiger charge is -2.38. The smallest absolute Gasteiger partial charge is 0.313 e. The van der Waals surface area contributed by atoms with Crippen LogP contribution in [0.15, 0.2) is 36.5 Å². The van der Waals surface area contributed by atoms with Crippen LogP contribution >= 0.6 is 0 Å². The zero-order valence-corrected chi connectivity index (χ0v) is 17.8. The Balaban J connectivity index is 1.87. The molecule has 3 rings (SSSR count). The van der Waals surface area contributed by atoms with E-state index in [0.29, 0.717) is 18.5 Å². The van der Waals surface area contributed by atoms with Crippen LogP contribution in [0.25, 0.3) is 11.3 Å². The molecule has 0 aliphatic heterocycles. The highest BCUT2D eigenvalue weighted by molar-refractivity contribution is 5.83. The van der Waals surface area contributed by atoms with E-state index in [4.69, 9.17) is 9.47 Å². The molecule has 1 heterocycles. The molecule has 1 aromatic carbocycles. The molecule has 30 heavy (non-hydrogen) atoms. The van der Waals surface area contributed by atoms with Crippen LogP contribution in [-0.2, 0) is 19.1 Å². The Kier molecular flexibility index (Phi) is 6.55. The lowest BCUT2D eigenvalue weighted by Crippen LogP contribution is -2.49. The number of aliphatic hydroxyl groups excluding tert-OH is 1. The highest BCUT2D eigenvalue weighted by Crippen LogP contribution is 2.39. The van der Waals surface area contributed by atoms with Crippen LogP contribution in [0.4, 0.5) is 0 Å². The number of hydrogen-bond donors (Lipinski definition) is 1. The van der Waals surface area contributed by atoms with E-state index in [-0.39, 0.29) is 6.61 Å². The second-order valence-corrected chi connectivity index (χ2v) is 8.50. The Morgan fingerprint density at radius 1 is 1.17 bits per heavy atom. The number of ether oxygens (including phenoxy) is 2. The van der Waals surface area contributed by atoms with E-state index in [1.165, 1.54) is 0 Å². The van der Waals surface area contributed by atoms with Gasteiger partial charge in [-0.05, 0) is 40.5 Å². The molecule has 0 unspecified atom stereocenters. The van der Waals surface area contributed by atoms with Crippen molar-refractivity contribution < 1.29 is 24.2 Å². The molecule has 1 aromatic heterocycles. The third kappa shape index (κ3) is 4.87. The molecular weight excluding hydrogens is 386 g/mol. The molecular formula is C22H29N3O5. The highest BCUT2D eigenvalue weighted by atomic mass is 16.6. The van der Waals surface area contributed by atoms with E-state index in [1.54, 1.807) is 38.6 Å². The van der Waals surface area contributed by atoms with Gasteiger partial charge in [-0.2, -0.15) is 0 Å². The summed E-state index contributed by atoms with van der Waals surface area (Å²) < 4.78 is 12.2. The predicted molar refractivity (Wildman–Crippen MR) is 109 cm³/mol. The van der Waals surface area contributed by atoms with Gasteiger partial charge in [-0.1, -0.05) is 35.5 Å². The molecule has 8 nitrogen and oxygen atoms in total. The number of benzene rings is 1. The van der Waals surface area contributed by atoms with Crippen LogP contribution in [0.1, 0.15) is 46.6 Å². The van der Waals surface area contributed by atoms with E-state index < -0.39 is 41.5 Å². The largest absolute Gasteiger partial charge is 0.466 e. The van der Waals surface area contributed by atoms with Gasteiger partial charge < -0.3 is 14.6 Å². The summed E-state index contributed by atoms with van der Waals surface area (Å²) in [6, 6.07) is 9.08. The van der Waals surface area contributed by atoms with E-state index in [1.807, 2.05) is 30.3 Å². The minimum absolute atomic E-state index is 0.208. The minimum Gasteiger partial charge on any atom is -0.466 e. The van der Waals surface area contributed by atoms with Crippen molar-refractivity contribution in [3.05, 3.63) is 36.5 Å². The number of rotatable bonds is 5. The molecule has 0 radical (unpaired) electrons. The highest BCUT2D eigenvalue weighted by Gasteiger charge is 2.49. The number of aliphatic hydroxyl groups is 1. The fourth-order valence-electron chi connectivity index (χ4n) is 3.83. The molecule has 0 spiro atoms. The summed E-state index contributed by atoms with van der Waals surface area (Å²) in [4.78, 5) is 25.4. The second-order valence-electron chi connectivity index (χ2n) is 8.50. The fraction of sp³-hybridized carbons (Fsp3) is 0.545. The lowest BCUT2D eigenvalue weighted by atomic mass is 9.74. The van der Waals surface area contributed by atoms with Crippen molar-refractivity contribution in [2.45, 2.75) is 58.3 Å². The van der Waals surface area contributed by atoms with Crippen molar-refractivity contribution in [2.75, 3.05) is 6.61 Å². The summed E-state index contributed by atoms with van der Waals surface area (Å²) in [5.41, 5.74) is 0.836. The molecule has 8 heteroatoms. The quantitative estimate of drug-likeness (QED) is 0.749. The van der Waals surface area contributed by atoms with Gasteiger partial charge in [-0.25, -0.2) is 4.68 Å². The maximum atomic E-state index is 12.9. The van der Waals surface area contributed by atoms with Gasteiger partial charge in [0.15, 0.2) is 0 Å². The molecule has 1 N–H and O–H groups in total. The fourth-order valence-corrected chi connectivity index (χ4v) is 3.83. The Morgan fingerprint density at radius 3 is 2.50 bits per heavy atom. The number of nitrogens with zero attached hydrogens (tertiary/aromatic N) is 3. The molecule has 1 aliphatic rings. The van der Waals surface area contributed by atoms with Gasteiger partial charge in [0.1, 0.15) is 11.3 Å². The van der Waals surface area contributed by atoms with Crippen LogP contribution in [0.3, 0.4) is 0 Å². The van der Waals surface area contributed by atoms with Crippen molar-refractivity contribution in [1.82, 2.24) is 15.0 Å². The minimum atomic E-state index is -1.16. The molecule has 1 fully saturated rings. The molecule has 0 bridgehead atoms. The van der Waals surface area contributed by atoms with Crippen LogP contribution in [0, 0.1) is 11.8 Å². The summed E-state index contributed by atoms with van der Waals surface area (Å²) in [5.74, 6) is -2.90. The van der Waals surface area contributed by atoms with Crippen molar-refractivity contribution in [3.63, 3.8) is 0 Å². The normalized spacial score (nSPS) is 24.3. The monoisotopic (exact) mass is 415 g/mol. The standard InChI is InChI=1S/C22H29N3O5/c1-5-29-20(27)15-11-12-17(19(26)18(15)21(28)30-22(2,3)4)25-13-16(23-24-25)14-9-7-6-8-10-14/h6-10,13,15,17-19,26H,5,11-12H2,1-4H3/t15-,17-,18-,19+/m1/s1. The lowest BCUT2D eigenvalue weighted by molar-refractivity contribution is -0.178. The van der Waals surface area contributed by atoms with Crippen LogP contribution in [0.5, 0.6) is 0 Å². The van der Waals surface area contributed by atoms with Gasteiger partial charge in [0.25, 0.3) is 0 Å². The number of hydrogen-bond acceptors (Lipinski definition) is 7. The summed E-state index contributed by atoms with van der Waals surface area (Å²) in [7, 11) is 0. The number of aromatic nitrogens is 3. The Morgan fingerprint density at radius 2 is 1.87 bits per heavy atom. The van der Waals surface area contributed by atoms with E-state index in [2.05, 4.69) is 10.3 Å². The first kappa shape index (κ1) is 22.0. The first-order valence-electron chi connectivity index (χ1n) is 10.3. The molecule has 0 amide bonds. The average molecular weight is 415 g/mol. The van der Waals surface area contributed by atoms with Gasteiger partial charge in [0.05, 0.1) is 36.8 Å². The Labute approximate surface area is 176 Å². The molecule has 1 aliphatic carbocycles. The zero-order valence-electron chi connectivity index (χ0n) is 17.8. The van der Waals surface area contributed by atoms with E-state index in [0.717, 1.165) is 5.56 Å². The zero-order chi connectivity index (χ0) is 21.9. The van der Waals surface area contributed by atoms with Gasteiger partial charge in [0.2, 0.25) is 0 Å². The summed E-state index contributed by atoms with van der Waals surface area (Å²) in [6.45, 7) is 7.17. The number of carbonyl (C=O) groups is 2. The van der Waals surface area contributed by atoms with Crippen LogP contribution < -0.4 is 0 Å². The predicted octanol–water partition coefficient (Wildman–Crippen LogP) is 2.78. The molecule has 162 valence electrons. The Hall–Kier alpha value is -2.74. The first-order chi connectivity index (χ1) is 14.2. The van der Waals surface area contributed by atoms with Gasteiger partial charge in [-0.3, -0.25) is 9.59 Å². The van der Waals surface area contributed by atoms with E-state index >= 15 is 0 Å². The van der Waals surface area contributed by atoms with Crippen LogP contribution in [0.2, 0.25) is 0 Å². The van der Waals surface area contributed by atoms with Gasteiger partial charge >= 0.3 is 11.9 Å². The first-order valence-corrected chi connectivity index (χ1v) is 10.3. The van der Waals surface area contributed by atoms with E-state index in [9.17, 15) is 14.7 Å². The molecule has 4 atom stereocenters. The third-order valence-electron chi connectivity index (χ3n) is 5.16. The SMILES string of the molecule is CCOC(=O)[C@@H]1CC[C@@H](n2cc(-c3ccccc3)nn2)[C@H](O)[C@@H]1C(=O)OC(C)(C)C. The van der Waals surface area contributed by atoms with Crippen molar-refractivity contribution in [2.24, 2.45) is 11.8 Å². The maximum absolute atomic E-state index is 12.9. The number of carbonyl (C=O) groups excluding carboxylic acids is 2. The maximum Gasteiger partial charge on any atom is 0.313 e. The molecule has 0 saturated heterocycles. The van der Waals surface area contributed by atoms with Crippen molar-refractivity contribution in [1.29, 1.82) is 0 Å². The topological polar surface area (TPSA) is 104 Å². The summed E-state index contributed by atoms with van der Waals surface area (Å²) in [6.07, 6.45) is 1.43. The van der Waals surface area contributed by atoms with Gasteiger partial charge in [0, 0.05) is 5.56 Å². The van der Waals surface area contributed by atoms with Gasteiger partial charge in [-0.15, -0.1) is 5.10 Å². The average Bonchev–Trinajstić information content (AvgIpc) is 3.17. The Bertz CT molecular complexity index is 874. The summed E-state index contributed by atoms with van der Waals surface area (Å²) >= 11 is 0. The molecule has 1 saturated carbocycles. The van der Waals surface area contributed by atoms with Crippen molar-refractivity contribution >= 4 is 11.9 Å². The van der Waals surface area contributed by atoms with Crippen LogP contribution in [-0.4, -0.2) is 50.4 Å². The summed E-state index contributed by atoms with van der Waals surface area (Å²) in [5, 5.41) is 19.5. The molecule has 2 aromatic rings.